The van der Waals surface area contributed by atoms with Crippen molar-refractivity contribution in [3.8, 4) is 5.75 Å². The SMILES string of the molecule is O=C(COc1ccc(Cl)cc1Cl)N1CCC[C@H](O)C1. The minimum absolute atomic E-state index is 0.0892. The van der Waals surface area contributed by atoms with Crippen LogP contribution < -0.4 is 4.74 Å². The number of carbonyl (C=O) groups excluding carboxylic acids is 1. The first kappa shape index (κ1) is 14.4. The van der Waals surface area contributed by atoms with E-state index in [0.717, 1.165) is 12.8 Å². The van der Waals surface area contributed by atoms with Crippen molar-refractivity contribution in [2.75, 3.05) is 19.7 Å². The van der Waals surface area contributed by atoms with Crippen molar-refractivity contribution in [3.63, 3.8) is 0 Å². The predicted molar refractivity (Wildman–Crippen MR) is 73.8 cm³/mol. The summed E-state index contributed by atoms with van der Waals surface area (Å²) in [6.07, 6.45) is 1.12. The van der Waals surface area contributed by atoms with E-state index in [2.05, 4.69) is 0 Å². The molecule has 1 saturated heterocycles. The largest absolute Gasteiger partial charge is 0.482 e. The Morgan fingerprint density at radius 3 is 2.95 bits per heavy atom. The lowest BCUT2D eigenvalue weighted by molar-refractivity contribution is -0.136. The third-order valence-corrected chi connectivity index (χ3v) is 3.52. The van der Waals surface area contributed by atoms with Crippen molar-refractivity contribution < 1.29 is 14.6 Å². The second-order valence-electron chi connectivity index (χ2n) is 4.50. The molecule has 1 N–H and O–H groups in total. The van der Waals surface area contributed by atoms with E-state index in [9.17, 15) is 9.90 Å². The molecule has 19 heavy (non-hydrogen) atoms. The average molecular weight is 304 g/mol. The molecule has 2 rings (SSSR count). The monoisotopic (exact) mass is 303 g/mol. The maximum atomic E-state index is 11.9. The smallest absolute Gasteiger partial charge is 0.260 e. The normalized spacial score (nSPS) is 19.3. The number of hydrogen-bond donors (Lipinski definition) is 1. The number of benzene rings is 1. The maximum Gasteiger partial charge on any atom is 0.260 e. The van der Waals surface area contributed by atoms with Gasteiger partial charge in [-0.05, 0) is 31.0 Å². The van der Waals surface area contributed by atoms with Gasteiger partial charge in [0.2, 0.25) is 0 Å². The average Bonchev–Trinajstić information content (AvgIpc) is 2.37. The van der Waals surface area contributed by atoms with E-state index in [1.807, 2.05) is 0 Å². The van der Waals surface area contributed by atoms with Gasteiger partial charge in [0.25, 0.3) is 5.91 Å². The Balaban J connectivity index is 1.89. The molecule has 0 spiro atoms. The molecule has 1 aliphatic rings. The van der Waals surface area contributed by atoms with E-state index in [4.69, 9.17) is 27.9 Å². The van der Waals surface area contributed by atoms with E-state index in [1.165, 1.54) is 0 Å². The lowest BCUT2D eigenvalue weighted by Crippen LogP contribution is -2.44. The molecule has 1 amide bonds. The van der Waals surface area contributed by atoms with E-state index < -0.39 is 6.10 Å². The van der Waals surface area contributed by atoms with E-state index >= 15 is 0 Å². The van der Waals surface area contributed by atoms with Crippen LogP contribution in [0.15, 0.2) is 18.2 Å². The second kappa shape index (κ2) is 6.46. The Kier molecular flexibility index (Phi) is 4.91. The molecule has 0 aromatic heterocycles. The molecule has 1 fully saturated rings. The number of piperidine rings is 1. The van der Waals surface area contributed by atoms with Gasteiger partial charge in [-0.3, -0.25) is 4.79 Å². The summed E-state index contributed by atoms with van der Waals surface area (Å²) in [4.78, 5) is 13.5. The van der Waals surface area contributed by atoms with Crippen LogP contribution in [0.1, 0.15) is 12.8 Å². The Labute approximate surface area is 121 Å². The standard InChI is InChI=1S/C13H15Cl2NO3/c14-9-3-4-12(11(15)6-9)19-8-13(18)16-5-1-2-10(17)7-16/h3-4,6,10,17H,1-2,5,7-8H2/t10-/m0/s1. The Morgan fingerprint density at radius 2 is 2.26 bits per heavy atom. The number of aliphatic hydroxyl groups is 1. The fraction of sp³-hybridized carbons (Fsp3) is 0.462. The minimum atomic E-state index is -0.434. The number of rotatable bonds is 3. The number of nitrogens with zero attached hydrogens (tertiary/aromatic N) is 1. The van der Waals surface area contributed by atoms with Crippen LogP contribution >= 0.6 is 23.2 Å². The number of amides is 1. The van der Waals surface area contributed by atoms with Crippen molar-refractivity contribution in [2.24, 2.45) is 0 Å². The first-order chi connectivity index (χ1) is 9.06. The van der Waals surface area contributed by atoms with Crippen LogP contribution in [0.3, 0.4) is 0 Å². The van der Waals surface area contributed by atoms with Gasteiger partial charge in [-0.15, -0.1) is 0 Å². The number of hydrogen-bond acceptors (Lipinski definition) is 3. The van der Waals surface area contributed by atoms with Gasteiger partial charge in [-0.2, -0.15) is 0 Å². The third-order valence-electron chi connectivity index (χ3n) is 2.99. The summed E-state index contributed by atoms with van der Waals surface area (Å²) in [5, 5.41) is 10.4. The molecular weight excluding hydrogens is 289 g/mol. The molecule has 1 atom stereocenters. The van der Waals surface area contributed by atoms with E-state index in [1.54, 1.807) is 23.1 Å². The molecule has 0 unspecified atom stereocenters. The van der Waals surface area contributed by atoms with Gasteiger partial charge >= 0.3 is 0 Å². The molecule has 104 valence electrons. The third kappa shape index (κ3) is 4.00. The second-order valence-corrected chi connectivity index (χ2v) is 5.34. The highest BCUT2D eigenvalue weighted by molar-refractivity contribution is 6.35. The van der Waals surface area contributed by atoms with Crippen molar-refractivity contribution in [1.82, 2.24) is 4.90 Å². The summed E-state index contributed by atoms with van der Waals surface area (Å²) in [5.74, 6) is 0.279. The Bertz CT molecular complexity index is 467. The van der Waals surface area contributed by atoms with Crippen molar-refractivity contribution in [3.05, 3.63) is 28.2 Å². The van der Waals surface area contributed by atoms with Gasteiger partial charge in [0.15, 0.2) is 6.61 Å². The summed E-state index contributed by atoms with van der Waals surface area (Å²) in [6, 6.07) is 4.84. The quantitative estimate of drug-likeness (QED) is 0.932. The molecule has 1 aromatic carbocycles. The lowest BCUT2D eigenvalue weighted by atomic mass is 10.1. The van der Waals surface area contributed by atoms with Crippen LogP contribution in [0.4, 0.5) is 0 Å². The van der Waals surface area contributed by atoms with Crippen molar-refractivity contribution in [1.29, 1.82) is 0 Å². The Hall–Kier alpha value is -0.970. The van der Waals surface area contributed by atoms with Crippen LogP contribution in [0.5, 0.6) is 5.75 Å². The first-order valence-electron chi connectivity index (χ1n) is 6.10. The molecule has 1 heterocycles. The maximum absolute atomic E-state index is 11.9. The van der Waals surface area contributed by atoms with Crippen LogP contribution in [0.25, 0.3) is 0 Å². The number of carbonyl (C=O) groups is 1. The molecule has 0 saturated carbocycles. The highest BCUT2D eigenvalue weighted by atomic mass is 35.5. The van der Waals surface area contributed by atoms with Gasteiger partial charge in [-0.1, -0.05) is 23.2 Å². The van der Waals surface area contributed by atoms with Gasteiger partial charge in [0, 0.05) is 18.1 Å². The summed E-state index contributed by atoms with van der Waals surface area (Å²) in [6.45, 7) is 0.943. The number of likely N-dealkylation sites (tertiary alicyclic amines) is 1. The van der Waals surface area contributed by atoms with Gasteiger partial charge in [-0.25, -0.2) is 0 Å². The molecule has 1 aromatic rings. The van der Waals surface area contributed by atoms with Gasteiger partial charge in [0.1, 0.15) is 5.75 Å². The Morgan fingerprint density at radius 1 is 1.47 bits per heavy atom. The molecular formula is C13H15Cl2NO3. The molecule has 0 radical (unpaired) electrons. The van der Waals surface area contributed by atoms with Crippen molar-refractivity contribution >= 4 is 29.1 Å². The summed E-state index contributed by atoms with van der Waals surface area (Å²) >= 11 is 11.7. The zero-order valence-corrected chi connectivity index (χ0v) is 11.8. The zero-order valence-electron chi connectivity index (χ0n) is 10.3. The fourth-order valence-corrected chi connectivity index (χ4v) is 2.47. The summed E-state index contributed by atoms with van der Waals surface area (Å²) in [7, 11) is 0. The zero-order chi connectivity index (χ0) is 13.8. The van der Waals surface area contributed by atoms with Crippen LogP contribution in [-0.4, -0.2) is 41.7 Å². The molecule has 6 heteroatoms. The van der Waals surface area contributed by atoms with E-state index in [0.29, 0.717) is 28.9 Å². The number of halogens is 2. The first-order valence-corrected chi connectivity index (χ1v) is 6.85. The highest BCUT2D eigenvalue weighted by Gasteiger charge is 2.22. The van der Waals surface area contributed by atoms with Crippen LogP contribution in [0.2, 0.25) is 10.0 Å². The highest BCUT2D eigenvalue weighted by Crippen LogP contribution is 2.27. The van der Waals surface area contributed by atoms with Gasteiger partial charge < -0.3 is 14.7 Å². The van der Waals surface area contributed by atoms with Crippen LogP contribution in [0, 0.1) is 0 Å². The van der Waals surface area contributed by atoms with Gasteiger partial charge in [0.05, 0.1) is 11.1 Å². The number of aliphatic hydroxyl groups excluding tert-OH is 1. The fourth-order valence-electron chi connectivity index (χ4n) is 2.00. The molecule has 0 bridgehead atoms. The topological polar surface area (TPSA) is 49.8 Å². The number of ether oxygens (including phenoxy) is 1. The van der Waals surface area contributed by atoms with Crippen molar-refractivity contribution in [2.45, 2.75) is 18.9 Å². The minimum Gasteiger partial charge on any atom is -0.482 e. The molecule has 1 aliphatic heterocycles. The summed E-state index contributed by atoms with van der Waals surface area (Å²) in [5.41, 5.74) is 0. The molecule has 0 aliphatic carbocycles. The predicted octanol–water partition coefficient (Wildman–Crippen LogP) is 2.36. The van der Waals surface area contributed by atoms with E-state index in [-0.39, 0.29) is 12.5 Å². The molecule has 4 nitrogen and oxygen atoms in total. The summed E-state index contributed by atoms with van der Waals surface area (Å²) < 4.78 is 5.38. The number of β-amino-alcohol motifs (C(OH)–C–C–N with tert-alkyl or cyclic N) is 1. The lowest BCUT2D eigenvalue weighted by Gasteiger charge is -2.30. The van der Waals surface area contributed by atoms with Crippen LogP contribution in [-0.2, 0) is 4.79 Å².